The Morgan fingerprint density at radius 3 is 2.72 bits per heavy atom. The van der Waals surface area contributed by atoms with E-state index < -0.39 is 11.5 Å². The van der Waals surface area contributed by atoms with E-state index in [4.69, 9.17) is 4.74 Å². The van der Waals surface area contributed by atoms with Crippen LogP contribution in [0, 0.1) is 5.92 Å². The van der Waals surface area contributed by atoms with Crippen molar-refractivity contribution in [2.75, 3.05) is 19.7 Å². The van der Waals surface area contributed by atoms with Gasteiger partial charge in [0.1, 0.15) is 17.0 Å². The molecule has 4 rings (SSSR count). The average molecular weight is 443 g/mol. The van der Waals surface area contributed by atoms with Gasteiger partial charge in [0.25, 0.3) is 11.5 Å². The molecule has 2 atom stereocenters. The lowest BCUT2D eigenvalue weighted by molar-refractivity contribution is -0.0559. The van der Waals surface area contributed by atoms with Crippen LogP contribution in [0.5, 0.6) is 5.75 Å². The fraction of sp³-hybridized carbons (Fsp3) is 0.625. The number of morpholine rings is 1. The van der Waals surface area contributed by atoms with Gasteiger partial charge in [0.05, 0.1) is 18.1 Å². The van der Waals surface area contributed by atoms with Crippen LogP contribution < -0.4 is 10.9 Å². The van der Waals surface area contributed by atoms with Gasteiger partial charge >= 0.3 is 0 Å². The van der Waals surface area contributed by atoms with E-state index in [-0.39, 0.29) is 29.5 Å². The Morgan fingerprint density at radius 1 is 1.22 bits per heavy atom. The second-order valence-corrected chi connectivity index (χ2v) is 9.34. The van der Waals surface area contributed by atoms with Crippen molar-refractivity contribution in [3.8, 4) is 5.75 Å². The molecule has 0 radical (unpaired) electrons. The Labute approximate surface area is 188 Å². The molecule has 2 aromatic rings. The molecule has 0 bridgehead atoms. The highest BCUT2D eigenvalue weighted by Crippen LogP contribution is 2.27. The molecule has 1 amide bonds. The zero-order chi connectivity index (χ0) is 22.8. The molecule has 0 aromatic carbocycles. The van der Waals surface area contributed by atoms with E-state index in [9.17, 15) is 14.7 Å². The van der Waals surface area contributed by atoms with Crippen molar-refractivity contribution < 1.29 is 14.6 Å². The van der Waals surface area contributed by atoms with Crippen molar-refractivity contribution in [1.82, 2.24) is 19.8 Å². The van der Waals surface area contributed by atoms with Gasteiger partial charge in [-0.25, -0.2) is 4.98 Å². The number of amides is 1. The summed E-state index contributed by atoms with van der Waals surface area (Å²) in [6.07, 6.45) is 5.61. The predicted octanol–water partition coefficient (Wildman–Crippen LogP) is 2.52. The quantitative estimate of drug-likeness (QED) is 0.739. The van der Waals surface area contributed by atoms with Gasteiger partial charge in [-0.3, -0.25) is 19.1 Å². The third kappa shape index (κ3) is 4.52. The summed E-state index contributed by atoms with van der Waals surface area (Å²) in [6, 6.07) is 3.66. The molecule has 0 unspecified atom stereocenters. The fourth-order valence-electron chi connectivity index (χ4n) is 4.88. The summed E-state index contributed by atoms with van der Waals surface area (Å²) in [6.45, 7) is 8.84. The summed E-state index contributed by atoms with van der Waals surface area (Å²) in [7, 11) is 0. The second-order valence-electron chi connectivity index (χ2n) is 9.34. The standard InChI is InChI=1S/C24H34N4O4/c1-15-6-8-18(9-7-15)26-23(30)20-21(29)19-5-4-10-25-22(19)28(24(20)31)12-11-27-13-14-32-17(3)16(27)2/h4-5,10,15-18,29H,6-9,11-14H2,1-3H3,(H,26,30)/t15-,16-,17-,18+/m0/s1. The van der Waals surface area contributed by atoms with Crippen LogP contribution in [-0.2, 0) is 11.3 Å². The normalized spacial score (nSPS) is 26.8. The highest BCUT2D eigenvalue weighted by atomic mass is 16.5. The Kier molecular flexibility index (Phi) is 6.81. The third-order valence-corrected chi connectivity index (χ3v) is 7.20. The molecule has 3 heterocycles. The number of pyridine rings is 2. The van der Waals surface area contributed by atoms with E-state index in [0.717, 1.165) is 32.2 Å². The lowest BCUT2D eigenvalue weighted by atomic mass is 9.87. The van der Waals surface area contributed by atoms with Gasteiger partial charge in [0.15, 0.2) is 0 Å². The van der Waals surface area contributed by atoms with Crippen molar-refractivity contribution >= 4 is 16.9 Å². The summed E-state index contributed by atoms with van der Waals surface area (Å²) in [5.41, 5.74) is -0.288. The van der Waals surface area contributed by atoms with Crippen LogP contribution in [0.25, 0.3) is 11.0 Å². The summed E-state index contributed by atoms with van der Waals surface area (Å²) in [5.74, 6) is -0.130. The third-order valence-electron chi connectivity index (χ3n) is 7.20. The first kappa shape index (κ1) is 22.7. The van der Waals surface area contributed by atoms with Crippen LogP contribution in [0.15, 0.2) is 23.1 Å². The number of nitrogens with one attached hydrogen (secondary N) is 1. The number of hydrogen-bond donors (Lipinski definition) is 2. The molecule has 2 aliphatic rings. The largest absolute Gasteiger partial charge is 0.506 e. The molecule has 1 saturated heterocycles. The van der Waals surface area contributed by atoms with Gasteiger partial charge in [0.2, 0.25) is 0 Å². The van der Waals surface area contributed by atoms with Crippen LogP contribution in [0.3, 0.4) is 0 Å². The molecular weight excluding hydrogens is 408 g/mol. The van der Waals surface area contributed by atoms with E-state index in [1.165, 1.54) is 4.57 Å². The van der Waals surface area contributed by atoms with Gasteiger partial charge in [-0.15, -0.1) is 0 Å². The van der Waals surface area contributed by atoms with Crippen molar-refractivity contribution in [2.24, 2.45) is 5.92 Å². The number of aromatic nitrogens is 2. The van der Waals surface area contributed by atoms with Crippen LogP contribution in [0.4, 0.5) is 0 Å². The first-order chi connectivity index (χ1) is 15.4. The minimum atomic E-state index is -0.500. The molecule has 2 fully saturated rings. The smallest absolute Gasteiger partial charge is 0.268 e. The molecule has 8 heteroatoms. The second kappa shape index (κ2) is 9.58. The van der Waals surface area contributed by atoms with Crippen molar-refractivity contribution in [1.29, 1.82) is 0 Å². The Morgan fingerprint density at radius 2 is 1.97 bits per heavy atom. The van der Waals surface area contributed by atoms with E-state index in [1.807, 2.05) is 0 Å². The minimum Gasteiger partial charge on any atom is -0.506 e. The van der Waals surface area contributed by atoms with E-state index >= 15 is 0 Å². The first-order valence-electron chi connectivity index (χ1n) is 11.7. The van der Waals surface area contributed by atoms with Gasteiger partial charge in [0, 0.05) is 37.9 Å². The number of rotatable bonds is 5. The van der Waals surface area contributed by atoms with Gasteiger partial charge in [-0.2, -0.15) is 0 Å². The van der Waals surface area contributed by atoms with E-state index in [1.54, 1.807) is 18.3 Å². The van der Waals surface area contributed by atoms with E-state index in [2.05, 4.69) is 36.0 Å². The summed E-state index contributed by atoms with van der Waals surface area (Å²) in [5, 5.41) is 14.3. The lowest BCUT2D eigenvalue weighted by Crippen LogP contribution is -2.50. The minimum absolute atomic E-state index is 0.0335. The van der Waals surface area contributed by atoms with Crippen molar-refractivity contribution in [3.63, 3.8) is 0 Å². The fourth-order valence-corrected chi connectivity index (χ4v) is 4.88. The maximum absolute atomic E-state index is 13.4. The summed E-state index contributed by atoms with van der Waals surface area (Å²) < 4.78 is 7.23. The van der Waals surface area contributed by atoms with Crippen LogP contribution >= 0.6 is 0 Å². The SMILES string of the molecule is C[C@@H]1OCCN(CCn2c(=O)c(C(=O)N[C@H]3CC[C@@H](C)CC3)c(O)c3cccnc32)[C@H]1C. The first-order valence-corrected chi connectivity index (χ1v) is 11.7. The predicted molar refractivity (Wildman–Crippen MR) is 123 cm³/mol. The summed E-state index contributed by atoms with van der Waals surface area (Å²) >= 11 is 0. The molecule has 32 heavy (non-hydrogen) atoms. The summed E-state index contributed by atoms with van der Waals surface area (Å²) in [4.78, 5) is 33.2. The number of hydrogen-bond acceptors (Lipinski definition) is 6. The number of fused-ring (bicyclic) bond motifs is 1. The van der Waals surface area contributed by atoms with Crippen molar-refractivity contribution in [3.05, 3.63) is 34.2 Å². The zero-order valence-corrected chi connectivity index (χ0v) is 19.2. The lowest BCUT2D eigenvalue weighted by Gasteiger charge is -2.37. The van der Waals surface area contributed by atoms with Gasteiger partial charge in [-0.05, 0) is 57.6 Å². The van der Waals surface area contributed by atoms with E-state index in [0.29, 0.717) is 36.6 Å². The van der Waals surface area contributed by atoms with Crippen molar-refractivity contribution in [2.45, 2.75) is 71.2 Å². The number of ether oxygens (including phenoxy) is 1. The molecule has 1 aliphatic carbocycles. The monoisotopic (exact) mass is 442 g/mol. The molecule has 2 aromatic heterocycles. The molecular formula is C24H34N4O4. The van der Waals surface area contributed by atoms with Crippen LogP contribution in [-0.4, -0.2) is 63.3 Å². The molecule has 174 valence electrons. The number of nitrogens with zero attached hydrogens (tertiary/aromatic N) is 3. The maximum Gasteiger partial charge on any atom is 0.268 e. The Bertz CT molecular complexity index is 1030. The number of carbonyl (C=O) groups is 1. The van der Waals surface area contributed by atoms with Gasteiger partial charge in [-0.1, -0.05) is 6.92 Å². The molecule has 1 aliphatic heterocycles. The molecule has 2 N–H and O–H groups in total. The molecule has 0 spiro atoms. The topological polar surface area (TPSA) is 96.7 Å². The number of carbonyl (C=O) groups excluding carboxylic acids is 1. The Balaban J connectivity index is 1.63. The van der Waals surface area contributed by atoms with Gasteiger partial charge < -0.3 is 15.2 Å². The number of aromatic hydroxyl groups is 1. The van der Waals surface area contributed by atoms with Crippen LogP contribution in [0.1, 0.15) is 56.8 Å². The Hall–Kier alpha value is -2.45. The average Bonchev–Trinajstić information content (AvgIpc) is 2.78. The highest BCUT2D eigenvalue weighted by Gasteiger charge is 2.28. The highest BCUT2D eigenvalue weighted by molar-refractivity contribution is 6.01. The zero-order valence-electron chi connectivity index (χ0n) is 19.2. The molecule has 1 saturated carbocycles. The maximum atomic E-state index is 13.4. The van der Waals surface area contributed by atoms with Crippen LogP contribution in [0.2, 0.25) is 0 Å². The molecule has 8 nitrogen and oxygen atoms in total.